The van der Waals surface area contributed by atoms with E-state index in [-0.39, 0.29) is 29.6 Å². The number of benzene rings is 1. The summed E-state index contributed by atoms with van der Waals surface area (Å²) < 4.78 is 29.2. The predicted octanol–water partition coefficient (Wildman–Crippen LogP) is 3.89. The summed E-state index contributed by atoms with van der Waals surface area (Å²) in [7, 11) is 1.34. The highest BCUT2D eigenvalue weighted by atomic mass is 19.1. The Bertz CT molecular complexity index is 814. The topological polar surface area (TPSA) is 82.1 Å². The third-order valence-corrected chi connectivity index (χ3v) is 6.63. The van der Waals surface area contributed by atoms with E-state index in [1.807, 2.05) is 0 Å². The number of esters is 3. The van der Waals surface area contributed by atoms with Crippen LogP contribution in [0.25, 0.3) is 0 Å². The van der Waals surface area contributed by atoms with Gasteiger partial charge in [-0.05, 0) is 62.9 Å². The van der Waals surface area contributed by atoms with E-state index in [2.05, 4.69) is 11.8 Å². The van der Waals surface area contributed by atoms with E-state index in [1.165, 1.54) is 31.4 Å². The maximum Gasteiger partial charge on any atom is 0.338 e. The van der Waals surface area contributed by atoms with Crippen LogP contribution in [0.4, 0.5) is 4.39 Å². The zero-order chi connectivity index (χ0) is 23.8. The molecule has 1 aromatic rings. The van der Waals surface area contributed by atoms with Gasteiger partial charge in [0, 0.05) is 24.9 Å². The number of ether oxygens (including phenoxy) is 3. The summed E-state index contributed by atoms with van der Waals surface area (Å²) in [6.45, 7) is 3.30. The molecule has 0 aromatic heterocycles. The van der Waals surface area contributed by atoms with Gasteiger partial charge >= 0.3 is 17.9 Å². The molecular weight excluding hydrogens is 429 g/mol. The molecule has 1 aromatic carbocycles. The number of fused-ring (bicyclic) bond motifs is 2. The molecule has 0 N–H and O–H groups in total. The fourth-order valence-electron chi connectivity index (χ4n) is 4.94. The Labute approximate surface area is 194 Å². The van der Waals surface area contributed by atoms with Crippen molar-refractivity contribution < 1.29 is 33.0 Å². The Morgan fingerprint density at radius 3 is 2.55 bits per heavy atom. The van der Waals surface area contributed by atoms with Gasteiger partial charge in [-0.3, -0.25) is 14.5 Å². The van der Waals surface area contributed by atoms with Crippen LogP contribution < -0.4 is 0 Å². The summed E-state index contributed by atoms with van der Waals surface area (Å²) in [6, 6.07) is 5.31. The van der Waals surface area contributed by atoms with E-state index in [9.17, 15) is 18.8 Å². The first kappa shape index (κ1) is 25.1. The van der Waals surface area contributed by atoms with E-state index >= 15 is 0 Å². The predicted molar refractivity (Wildman–Crippen MR) is 119 cm³/mol. The zero-order valence-corrected chi connectivity index (χ0v) is 19.5. The minimum atomic E-state index is -0.586. The number of piperidine rings is 1. The van der Waals surface area contributed by atoms with Crippen molar-refractivity contribution in [1.29, 1.82) is 0 Å². The Hall–Kier alpha value is -2.48. The molecule has 8 heteroatoms. The van der Waals surface area contributed by atoms with E-state index in [4.69, 9.17) is 14.2 Å². The first-order valence-corrected chi connectivity index (χ1v) is 11.9. The van der Waals surface area contributed by atoms with Crippen molar-refractivity contribution >= 4 is 17.9 Å². The number of unbranched alkanes of at least 4 members (excludes halogenated alkanes) is 2. The molecule has 182 valence electrons. The van der Waals surface area contributed by atoms with Crippen LogP contribution in [0.3, 0.4) is 0 Å². The van der Waals surface area contributed by atoms with Crippen LogP contribution in [0.5, 0.6) is 0 Å². The van der Waals surface area contributed by atoms with Crippen LogP contribution in [0.2, 0.25) is 0 Å². The first-order chi connectivity index (χ1) is 15.9. The Balaban J connectivity index is 1.57. The largest absolute Gasteiger partial charge is 0.469 e. The molecule has 0 aliphatic carbocycles. The van der Waals surface area contributed by atoms with Crippen molar-refractivity contribution in [2.45, 2.75) is 76.5 Å². The average molecular weight is 464 g/mol. The quantitative estimate of drug-likeness (QED) is 0.280. The highest BCUT2D eigenvalue weighted by molar-refractivity contribution is 5.89. The number of nitrogens with zero attached hydrogens (tertiary/aromatic N) is 1. The number of halogens is 1. The summed E-state index contributed by atoms with van der Waals surface area (Å²) in [5.41, 5.74) is 0.251. The molecule has 7 nitrogen and oxygen atoms in total. The Morgan fingerprint density at radius 1 is 1.09 bits per heavy atom. The molecule has 0 spiro atoms. The van der Waals surface area contributed by atoms with Crippen LogP contribution in [-0.2, 0) is 23.8 Å². The standard InChI is InChI=1S/C25H34FNO6/c1-3-4-15-32-22(28)7-5-6-14-27-19-12-13-20(27)23(25(30)31-2)21(16-19)33-24(29)17-8-10-18(26)11-9-17/h8-11,19-21,23H,3-7,12-16H2,1-2H3/t19?,20?,21-,23+/m0/s1. The van der Waals surface area contributed by atoms with Gasteiger partial charge in [0.05, 0.1) is 19.3 Å². The van der Waals surface area contributed by atoms with Gasteiger partial charge in [0.1, 0.15) is 17.8 Å². The van der Waals surface area contributed by atoms with E-state index in [0.717, 1.165) is 45.1 Å². The molecule has 0 amide bonds. The van der Waals surface area contributed by atoms with Gasteiger partial charge < -0.3 is 14.2 Å². The maximum absolute atomic E-state index is 13.2. The van der Waals surface area contributed by atoms with Crippen molar-refractivity contribution in [2.24, 2.45) is 5.92 Å². The number of rotatable bonds is 11. The lowest BCUT2D eigenvalue weighted by atomic mass is 9.87. The molecule has 2 fully saturated rings. The molecule has 0 radical (unpaired) electrons. The molecule has 2 bridgehead atoms. The molecule has 2 saturated heterocycles. The molecule has 0 saturated carbocycles. The van der Waals surface area contributed by atoms with Crippen molar-refractivity contribution in [3.63, 3.8) is 0 Å². The second kappa shape index (κ2) is 12.1. The number of methoxy groups -OCH3 is 1. The average Bonchev–Trinajstić information content (AvgIpc) is 3.08. The smallest absolute Gasteiger partial charge is 0.338 e. The molecule has 3 rings (SSSR count). The summed E-state index contributed by atoms with van der Waals surface area (Å²) >= 11 is 0. The highest BCUT2D eigenvalue weighted by Crippen LogP contribution is 2.41. The number of carbonyl (C=O) groups excluding carboxylic acids is 3. The summed E-state index contributed by atoms with van der Waals surface area (Å²) in [5, 5.41) is 0. The lowest BCUT2D eigenvalue weighted by Crippen LogP contribution is -2.55. The van der Waals surface area contributed by atoms with Crippen molar-refractivity contribution in [1.82, 2.24) is 4.90 Å². The monoisotopic (exact) mass is 463 g/mol. The lowest BCUT2D eigenvalue weighted by Gasteiger charge is -2.42. The molecule has 2 aliphatic rings. The van der Waals surface area contributed by atoms with E-state index in [0.29, 0.717) is 19.4 Å². The van der Waals surface area contributed by atoms with E-state index < -0.39 is 23.8 Å². The molecule has 2 aliphatic heterocycles. The van der Waals surface area contributed by atoms with Crippen LogP contribution in [0.15, 0.2) is 24.3 Å². The second-order valence-corrected chi connectivity index (χ2v) is 8.80. The van der Waals surface area contributed by atoms with Crippen molar-refractivity contribution in [3.05, 3.63) is 35.6 Å². The van der Waals surface area contributed by atoms with Crippen molar-refractivity contribution in [3.8, 4) is 0 Å². The van der Waals surface area contributed by atoms with Gasteiger partial charge in [0.25, 0.3) is 0 Å². The third kappa shape index (κ3) is 6.53. The van der Waals surface area contributed by atoms with Gasteiger partial charge in [0.2, 0.25) is 0 Å². The fourth-order valence-corrected chi connectivity index (χ4v) is 4.94. The number of carbonyl (C=O) groups is 3. The summed E-state index contributed by atoms with van der Waals surface area (Å²) in [4.78, 5) is 39.4. The molecular formula is C25H34FNO6. The maximum atomic E-state index is 13.2. The van der Waals surface area contributed by atoms with Crippen LogP contribution >= 0.6 is 0 Å². The summed E-state index contributed by atoms with van der Waals surface area (Å²) in [6.07, 6.45) is 5.52. The normalized spacial score (nSPS) is 24.3. The molecule has 2 unspecified atom stereocenters. The number of hydrogen-bond donors (Lipinski definition) is 0. The lowest BCUT2D eigenvalue weighted by molar-refractivity contribution is -0.156. The second-order valence-electron chi connectivity index (χ2n) is 8.80. The van der Waals surface area contributed by atoms with Gasteiger partial charge in [0.15, 0.2) is 0 Å². The van der Waals surface area contributed by atoms with Gasteiger partial charge in [-0.1, -0.05) is 13.3 Å². The minimum absolute atomic E-state index is 0.0706. The SMILES string of the molecule is CCCCOC(=O)CCCCN1C2CCC1[C@@H](C(=O)OC)[C@@H](OC(=O)c1ccc(F)cc1)C2. The molecule has 2 heterocycles. The van der Waals surface area contributed by atoms with Gasteiger partial charge in [-0.2, -0.15) is 0 Å². The minimum Gasteiger partial charge on any atom is -0.469 e. The number of hydrogen-bond acceptors (Lipinski definition) is 7. The Morgan fingerprint density at radius 2 is 1.85 bits per heavy atom. The molecule has 33 heavy (non-hydrogen) atoms. The van der Waals surface area contributed by atoms with Gasteiger partial charge in [-0.25, -0.2) is 9.18 Å². The zero-order valence-electron chi connectivity index (χ0n) is 19.5. The van der Waals surface area contributed by atoms with Crippen LogP contribution in [-0.4, -0.2) is 61.3 Å². The van der Waals surface area contributed by atoms with Crippen LogP contribution in [0, 0.1) is 11.7 Å². The van der Waals surface area contributed by atoms with E-state index in [1.54, 1.807) is 0 Å². The Kier molecular flexibility index (Phi) is 9.23. The highest BCUT2D eigenvalue weighted by Gasteiger charge is 2.52. The van der Waals surface area contributed by atoms with Crippen LogP contribution in [0.1, 0.15) is 68.6 Å². The third-order valence-electron chi connectivity index (χ3n) is 6.63. The van der Waals surface area contributed by atoms with Gasteiger partial charge in [-0.15, -0.1) is 0 Å². The summed E-state index contributed by atoms with van der Waals surface area (Å²) in [5.74, 6) is -2.12. The fraction of sp³-hybridized carbons (Fsp3) is 0.640. The molecule has 4 atom stereocenters. The first-order valence-electron chi connectivity index (χ1n) is 11.9. The van der Waals surface area contributed by atoms with Crippen molar-refractivity contribution in [2.75, 3.05) is 20.3 Å².